The van der Waals surface area contributed by atoms with E-state index in [0.717, 1.165) is 46.0 Å². The number of esters is 1. The Kier molecular flexibility index (Phi) is 39.5. The van der Waals surface area contributed by atoms with E-state index in [1.807, 2.05) is 5.32 Å². The van der Waals surface area contributed by atoms with Crippen molar-refractivity contribution in [2.75, 3.05) is 38.5 Å². The van der Waals surface area contributed by atoms with E-state index in [9.17, 15) is 117 Å². The number of unbranched alkanes of at least 4 members (excludes halogenated alkanes) is 6. The molecule has 626 valence electrons. The summed E-state index contributed by atoms with van der Waals surface area (Å²) in [5.41, 5.74) is 18.4. The number of ketones is 1. The van der Waals surface area contributed by atoms with Crippen LogP contribution in [0.1, 0.15) is 146 Å². The molecule has 1 aromatic heterocycles. The number of nitrogen functional groups attached to an aromatic ring is 1. The molecular weight excluding hydrogens is 1500 g/mol. The van der Waals surface area contributed by atoms with E-state index in [4.69, 9.17) is 21.9 Å². The van der Waals surface area contributed by atoms with Gasteiger partial charge in [0.25, 0.3) is 0 Å². The van der Waals surface area contributed by atoms with Gasteiger partial charge in [-0.05, 0) is 69.3 Å². The monoisotopic (exact) mass is 1610 g/mol. The average molecular weight is 1610 g/mol. The van der Waals surface area contributed by atoms with Crippen LogP contribution >= 0.6 is 0 Å². The molecule has 1 aliphatic heterocycles. The molecule has 114 heavy (non-hydrogen) atoms. The van der Waals surface area contributed by atoms with Crippen LogP contribution in [0.4, 0.5) is 5.69 Å². The summed E-state index contributed by atoms with van der Waals surface area (Å²) in [6.07, 6.45) is -1.47. The second-order valence-corrected chi connectivity index (χ2v) is 27.3. The first-order valence-electron chi connectivity index (χ1n) is 36.8. The van der Waals surface area contributed by atoms with E-state index in [2.05, 4.69) is 75.7 Å². The molecule has 4 unspecified atom stereocenters. The summed E-state index contributed by atoms with van der Waals surface area (Å²) < 4.78 is 5.78. The van der Waals surface area contributed by atoms with Crippen molar-refractivity contribution in [3.8, 4) is 0 Å². The zero-order valence-corrected chi connectivity index (χ0v) is 63.4. The van der Waals surface area contributed by atoms with Crippen molar-refractivity contribution >= 4 is 129 Å². The van der Waals surface area contributed by atoms with Gasteiger partial charge in [-0.15, -0.1) is 0 Å². The SMILES string of the molecule is CCCCCCCCCC(=O)N[C@@H](Cc1c[nH]c2ccccc12)C(=O)N[C@@H](CC(N)=O)C(=O)N[C@@H](CC(=O)O)C(=O)NC1C(=O)NCC(=O)N[C@H](CCCN)C(=O)NC(CC(=O)O)C(=O)N[C@H](C)C(=O)N[C@@H](CC(=O)O)C(=O)NCC(=O)NC(CO)C(=O)N[C@@H]([C@@H](C)CC(=O)O)CN[C@@H](CC(=O)c2ccccc2N)C(=O)OC1C. The maximum atomic E-state index is 14.8. The first-order valence-corrected chi connectivity index (χ1v) is 36.8. The van der Waals surface area contributed by atoms with Gasteiger partial charge in [-0.3, -0.25) is 91.1 Å². The second-order valence-electron chi connectivity index (χ2n) is 27.3. The highest BCUT2D eigenvalue weighted by Gasteiger charge is 2.40. The number of H-pyrrole nitrogens is 1. The molecule has 42 heteroatoms. The molecule has 1 aliphatic rings. The average Bonchev–Trinajstić information content (AvgIpc) is 1.68. The molecule has 0 aliphatic carbocycles. The Morgan fingerprint density at radius 3 is 1.73 bits per heavy atom. The number of nitrogens with two attached hydrogens (primary N) is 3. The number of aliphatic hydroxyl groups is 1. The predicted molar refractivity (Wildman–Crippen MR) is 400 cm³/mol. The topological polar surface area (TPSA) is 685 Å². The standard InChI is InChI=1S/C72H103N17O25/c1-5-6-7-8-9-10-11-22-55(93)82-45(25-39-31-76-43-20-15-13-17-40(39)43)67(108)85-46(27-54(75)92)68(109)87-49(30-61(102)103)69(110)89-62-38(4)114-72(113)50(26-53(91)41-18-12-14-19-42(41)74)77-32-51(36(2)24-58(96)97)88-70(111)52(35-90)83-57(95)33-78-64(105)47(28-59(98)99)84-63(104)37(3)80-66(107)48(29-60(100)101)86-65(106)44(21-16-23-73)81-56(94)34-79-71(62)112/h12-15,17-20,31,36-38,44-52,62,76-77,90H,5-11,16,21-30,32-35,73-74H2,1-4H3,(H2,75,92)(H,78,105)(H,79,112)(H,80,107)(H,81,94)(H,82,93)(H,83,95)(H,84,104)(H,85,108)(H,86,106)(H,87,109)(H,88,111)(H,89,110)(H,96,97)(H,98,99)(H,100,101)(H,102,103)/t36-,37+,38?,44+,45-,46-,47-,48?,49-,50-,51+,52?,62?/m0/s1. The molecule has 3 aromatic rings. The number of amides is 13. The van der Waals surface area contributed by atoms with Crippen LogP contribution in [0.15, 0.2) is 54.7 Å². The lowest BCUT2D eigenvalue weighted by Gasteiger charge is -2.30. The summed E-state index contributed by atoms with van der Waals surface area (Å²) >= 11 is 0. The number of aromatic amines is 1. The number of hydrogen-bond acceptors (Lipinski definition) is 24. The van der Waals surface area contributed by atoms with Crippen LogP contribution in [0.5, 0.6) is 0 Å². The van der Waals surface area contributed by atoms with Crippen LogP contribution in [-0.4, -0.2) is 248 Å². The van der Waals surface area contributed by atoms with Gasteiger partial charge in [0.05, 0.1) is 45.4 Å². The van der Waals surface area contributed by atoms with Crippen LogP contribution < -0.4 is 86.3 Å². The summed E-state index contributed by atoms with van der Waals surface area (Å²) in [6, 6.07) is -8.72. The third kappa shape index (κ3) is 32.6. The van der Waals surface area contributed by atoms with E-state index in [0.29, 0.717) is 29.3 Å². The number of fused-ring (bicyclic) bond motifs is 1. The number of anilines is 1. The molecule has 1 saturated heterocycles. The number of benzene rings is 2. The molecular formula is C72H103N17O25. The van der Waals surface area contributed by atoms with Gasteiger partial charge in [0.1, 0.15) is 66.5 Å². The Bertz CT molecular complexity index is 3950. The minimum absolute atomic E-state index is 0.00439. The van der Waals surface area contributed by atoms with E-state index in [-0.39, 0.29) is 43.5 Å². The molecule has 2 heterocycles. The van der Waals surface area contributed by atoms with Gasteiger partial charge < -0.3 is 122 Å². The maximum Gasteiger partial charge on any atom is 0.323 e. The zero-order valence-electron chi connectivity index (χ0n) is 63.4. The number of primary amides is 1. The number of nitrogens with one attached hydrogen (secondary N) is 14. The minimum atomic E-state index is -2.36. The summed E-state index contributed by atoms with van der Waals surface area (Å²) in [4.78, 5) is 261. The molecule has 1 fully saturated rings. The third-order valence-corrected chi connectivity index (χ3v) is 18.0. The Labute approximate surface area is 653 Å². The van der Waals surface area contributed by atoms with Crippen LogP contribution in [0.2, 0.25) is 0 Å². The number of Topliss-reactive ketones (excluding diaryl/α,β-unsaturated/α-hetero) is 1. The molecule has 13 amide bonds. The number of aromatic nitrogens is 1. The smallest absolute Gasteiger partial charge is 0.323 e. The number of ether oxygens (including phenoxy) is 1. The van der Waals surface area contributed by atoms with E-state index in [1.165, 1.54) is 31.2 Å². The van der Waals surface area contributed by atoms with Gasteiger partial charge in [0.2, 0.25) is 76.8 Å². The predicted octanol–water partition coefficient (Wildman–Crippen LogP) is -5.15. The molecule has 0 bridgehead atoms. The zero-order chi connectivity index (χ0) is 84.9. The third-order valence-electron chi connectivity index (χ3n) is 18.0. The largest absolute Gasteiger partial charge is 0.481 e. The Balaban J connectivity index is 1.85. The van der Waals surface area contributed by atoms with Crippen molar-refractivity contribution in [1.29, 1.82) is 0 Å². The maximum absolute atomic E-state index is 14.8. The Morgan fingerprint density at radius 1 is 0.570 bits per heavy atom. The number of rotatable bonds is 35. The lowest BCUT2D eigenvalue weighted by Crippen LogP contribution is -2.61. The number of carboxylic acids is 4. The van der Waals surface area contributed by atoms with Gasteiger partial charge in [0.15, 0.2) is 5.78 Å². The minimum Gasteiger partial charge on any atom is -0.481 e. The fraction of sp³-hybridized carbons (Fsp3) is 0.542. The Morgan fingerprint density at radius 2 is 1.12 bits per heavy atom. The van der Waals surface area contributed by atoms with Gasteiger partial charge in [-0.2, -0.15) is 0 Å². The van der Waals surface area contributed by atoms with Crippen LogP contribution in [-0.2, 0) is 97.5 Å². The van der Waals surface area contributed by atoms with Crippen molar-refractivity contribution in [3.05, 3.63) is 65.9 Å². The summed E-state index contributed by atoms with van der Waals surface area (Å²) in [5, 5.41) is 80.0. The summed E-state index contributed by atoms with van der Waals surface area (Å²) in [6.45, 7) is 0.979. The normalized spacial score (nSPS) is 21.3. The van der Waals surface area contributed by atoms with Crippen molar-refractivity contribution in [2.24, 2.45) is 17.4 Å². The highest BCUT2D eigenvalue weighted by atomic mass is 16.5. The fourth-order valence-electron chi connectivity index (χ4n) is 11.8. The van der Waals surface area contributed by atoms with Crippen molar-refractivity contribution < 1.29 is 121 Å². The van der Waals surface area contributed by atoms with Crippen molar-refractivity contribution in [1.82, 2.24) is 74.1 Å². The Hall–Kier alpha value is -12.2. The molecule has 42 nitrogen and oxygen atoms in total. The van der Waals surface area contributed by atoms with Gasteiger partial charge in [0, 0.05) is 66.6 Å². The summed E-state index contributed by atoms with van der Waals surface area (Å²) in [5.74, 6) is -26.6. The second kappa shape index (κ2) is 47.9. The lowest BCUT2D eigenvalue weighted by atomic mass is 9.96. The molecule has 0 radical (unpaired) electrons. The number of carboxylic acid groups (broad SMARTS) is 4. The lowest BCUT2D eigenvalue weighted by molar-refractivity contribution is -0.155. The fourth-order valence-corrected chi connectivity index (χ4v) is 11.8. The first kappa shape index (κ1) is 94.2. The van der Waals surface area contributed by atoms with Crippen LogP contribution in [0.25, 0.3) is 10.9 Å². The quantitative estimate of drug-likeness (QED) is 0.0113. The number of para-hydroxylation sites is 2. The van der Waals surface area contributed by atoms with E-state index >= 15 is 0 Å². The number of carbonyl (C=O) groups excluding carboxylic acids is 15. The van der Waals surface area contributed by atoms with Crippen LogP contribution in [0, 0.1) is 5.92 Å². The summed E-state index contributed by atoms with van der Waals surface area (Å²) in [7, 11) is 0. The molecule has 0 spiro atoms. The number of cyclic esters (lactones) is 1. The number of aliphatic carboxylic acids is 4. The highest BCUT2D eigenvalue weighted by molar-refractivity contribution is 6.04. The molecule has 4 rings (SSSR count). The number of aliphatic hydroxyl groups excluding tert-OH is 1. The van der Waals surface area contributed by atoms with Gasteiger partial charge >= 0.3 is 29.8 Å². The van der Waals surface area contributed by atoms with Crippen molar-refractivity contribution in [2.45, 2.75) is 209 Å². The molecule has 25 N–H and O–H groups in total. The van der Waals surface area contributed by atoms with Crippen molar-refractivity contribution in [3.63, 3.8) is 0 Å². The van der Waals surface area contributed by atoms with E-state index in [1.54, 1.807) is 30.5 Å². The molecule has 13 atom stereocenters. The molecule has 0 saturated carbocycles. The van der Waals surface area contributed by atoms with E-state index < -0.39 is 256 Å². The van der Waals surface area contributed by atoms with Crippen LogP contribution in [0.3, 0.4) is 0 Å². The number of hydrogen-bond donors (Lipinski definition) is 22. The number of carbonyl (C=O) groups is 19. The van der Waals surface area contributed by atoms with Gasteiger partial charge in [-0.25, -0.2) is 0 Å². The highest BCUT2D eigenvalue weighted by Crippen LogP contribution is 2.21. The van der Waals surface area contributed by atoms with Gasteiger partial charge in [-0.1, -0.05) is 82.7 Å². The molecule has 2 aromatic carbocycles. The first-order chi connectivity index (χ1) is 53.9.